The van der Waals surface area contributed by atoms with Gasteiger partial charge in [-0.3, -0.25) is 9.59 Å². The molecule has 0 bridgehead atoms. The van der Waals surface area contributed by atoms with Crippen LogP contribution >= 0.6 is 0 Å². The highest BCUT2D eigenvalue weighted by atomic mass is 16.2. The Balaban J connectivity index is 2.52. The molecule has 0 aliphatic carbocycles. The molecule has 1 aliphatic rings. The Bertz CT molecular complexity index is 541. The molecule has 0 aromatic carbocycles. The molecule has 5 N–H and O–H groups in total. The number of hydrogen-bond acceptors (Lipinski definition) is 5. The van der Waals surface area contributed by atoms with E-state index in [9.17, 15) is 9.59 Å². The van der Waals surface area contributed by atoms with Gasteiger partial charge in [0.1, 0.15) is 11.4 Å². The molecule has 1 aliphatic heterocycles. The summed E-state index contributed by atoms with van der Waals surface area (Å²) in [7, 11) is 0. The SMILES string of the molecule is CC1(C)C(=O)NCCN1c1ncc(N)cc1C(N)=O. The van der Waals surface area contributed by atoms with Crippen molar-refractivity contribution in [2.24, 2.45) is 5.73 Å². The van der Waals surface area contributed by atoms with Crippen molar-refractivity contribution in [2.45, 2.75) is 19.4 Å². The molecule has 1 fully saturated rings. The third-order valence-electron chi connectivity index (χ3n) is 3.26. The summed E-state index contributed by atoms with van der Waals surface area (Å²) in [6.07, 6.45) is 1.45. The van der Waals surface area contributed by atoms with E-state index in [1.165, 1.54) is 12.3 Å². The number of nitrogen functional groups attached to an aromatic ring is 1. The number of carbonyl (C=O) groups excluding carboxylic acids is 2. The van der Waals surface area contributed by atoms with Crippen LogP contribution in [-0.2, 0) is 4.79 Å². The topological polar surface area (TPSA) is 114 Å². The maximum atomic E-state index is 11.9. The normalized spacial score (nSPS) is 18.0. The lowest BCUT2D eigenvalue weighted by molar-refractivity contribution is -0.126. The molecule has 19 heavy (non-hydrogen) atoms. The maximum Gasteiger partial charge on any atom is 0.252 e. The van der Waals surface area contributed by atoms with E-state index in [4.69, 9.17) is 11.5 Å². The highest BCUT2D eigenvalue weighted by Crippen LogP contribution is 2.28. The van der Waals surface area contributed by atoms with E-state index in [1.807, 2.05) is 0 Å². The Morgan fingerprint density at radius 2 is 2.21 bits per heavy atom. The summed E-state index contributed by atoms with van der Waals surface area (Å²) >= 11 is 0. The molecule has 7 heteroatoms. The zero-order valence-electron chi connectivity index (χ0n) is 10.9. The summed E-state index contributed by atoms with van der Waals surface area (Å²) in [5, 5.41) is 2.78. The number of amides is 2. The van der Waals surface area contributed by atoms with Gasteiger partial charge in [0.2, 0.25) is 5.91 Å². The van der Waals surface area contributed by atoms with E-state index in [0.29, 0.717) is 24.6 Å². The fraction of sp³-hybridized carbons (Fsp3) is 0.417. The van der Waals surface area contributed by atoms with Crippen molar-refractivity contribution in [2.75, 3.05) is 23.7 Å². The van der Waals surface area contributed by atoms with Crippen molar-refractivity contribution >= 4 is 23.3 Å². The highest BCUT2D eigenvalue weighted by Gasteiger charge is 2.39. The van der Waals surface area contributed by atoms with Gasteiger partial charge in [0, 0.05) is 13.1 Å². The number of hydrogen-bond donors (Lipinski definition) is 3. The summed E-state index contributed by atoms with van der Waals surface area (Å²) < 4.78 is 0. The molecular weight excluding hydrogens is 246 g/mol. The van der Waals surface area contributed by atoms with Crippen molar-refractivity contribution in [3.05, 3.63) is 17.8 Å². The van der Waals surface area contributed by atoms with Crippen LogP contribution in [0.4, 0.5) is 11.5 Å². The summed E-state index contributed by atoms with van der Waals surface area (Å²) in [6.45, 7) is 4.58. The van der Waals surface area contributed by atoms with Crippen molar-refractivity contribution < 1.29 is 9.59 Å². The average molecular weight is 263 g/mol. The first kappa shape index (κ1) is 13.1. The van der Waals surface area contributed by atoms with Gasteiger partial charge in [0.15, 0.2) is 0 Å². The molecular formula is C12H17N5O2. The van der Waals surface area contributed by atoms with Crippen LogP contribution in [0.25, 0.3) is 0 Å². The Morgan fingerprint density at radius 3 is 2.84 bits per heavy atom. The first-order valence-electron chi connectivity index (χ1n) is 5.95. The van der Waals surface area contributed by atoms with E-state index in [2.05, 4.69) is 10.3 Å². The molecule has 0 unspecified atom stereocenters. The number of rotatable bonds is 2. The van der Waals surface area contributed by atoms with Gasteiger partial charge in [-0.2, -0.15) is 0 Å². The van der Waals surface area contributed by atoms with E-state index >= 15 is 0 Å². The van der Waals surface area contributed by atoms with E-state index in [1.54, 1.807) is 18.7 Å². The van der Waals surface area contributed by atoms with Crippen LogP contribution in [0.5, 0.6) is 0 Å². The van der Waals surface area contributed by atoms with Gasteiger partial charge in [0.05, 0.1) is 17.4 Å². The smallest absolute Gasteiger partial charge is 0.252 e. The number of nitrogens with two attached hydrogens (primary N) is 2. The van der Waals surface area contributed by atoms with Crippen LogP contribution in [0.1, 0.15) is 24.2 Å². The molecule has 1 saturated heterocycles. The number of pyridine rings is 1. The van der Waals surface area contributed by atoms with Crippen molar-refractivity contribution in [1.29, 1.82) is 0 Å². The lowest BCUT2D eigenvalue weighted by atomic mass is 9.98. The van der Waals surface area contributed by atoms with Crippen molar-refractivity contribution in [1.82, 2.24) is 10.3 Å². The van der Waals surface area contributed by atoms with E-state index in [-0.39, 0.29) is 11.5 Å². The Labute approximate surface area is 111 Å². The molecule has 2 rings (SSSR count). The molecule has 2 heterocycles. The Hall–Kier alpha value is -2.31. The molecule has 0 spiro atoms. The number of aromatic nitrogens is 1. The molecule has 1 aromatic rings. The van der Waals surface area contributed by atoms with Gasteiger partial charge in [0.25, 0.3) is 5.91 Å². The molecule has 2 amide bonds. The van der Waals surface area contributed by atoms with Gasteiger partial charge in [-0.05, 0) is 19.9 Å². The number of carbonyl (C=O) groups is 2. The monoisotopic (exact) mass is 263 g/mol. The van der Waals surface area contributed by atoms with E-state index < -0.39 is 11.4 Å². The van der Waals surface area contributed by atoms with Crippen LogP contribution in [0.2, 0.25) is 0 Å². The van der Waals surface area contributed by atoms with E-state index in [0.717, 1.165) is 0 Å². The second kappa shape index (κ2) is 4.42. The second-order valence-corrected chi connectivity index (χ2v) is 4.97. The number of anilines is 2. The highest BCUT2D eigenvalue weighted by molar-refractivity contribution is 6.00. The van der Waals surface area contributed by atoms with Crippen LogP contribution in [0, 0.1) is 0 Å². The fourth-order valence-electron chi connectivity index (χ4n) is 2.14. The van der Waals surface area contributed by atoms with Crippen LogP contribution < -0.4 is 21.7 Å². The van der Waals surface area contributed by atoms with Crippen molar-refractivity contribution in [3.63, 3.8) is 0 Å². The first-order chi connectivity index (χ1) is 8.84. The van der Waals surface area contributed by atoms with Crippen LogP contribution in [0.3, 0.4) is 0 Å². The Kier molecular flexibility index (Phi) is 3.05. The lowest BCUT2D eigenvalue weighted by Crippen LogP contribution is -2.62. The summed E-state index contributed by atoms with van der Waals surface area (Å²) in [5.74, 6) is -0.342. The predicted molar refractivity (Wildman–Crippen MR) is 71.6 cm³/mol. The molecule has 7 nitrogen and oxygen atoms in total. The van der Waals surface area contributed by atoms with Gasteiger partial charge in [-0.25, -0.2) is 4.98 Å². The zero-order chi connectivity index (χ0) is 14.2. The zero-order valence-corrected chi connectivity index (χ0v) is 10.9. The number of nitrogens with zero attached hydrogens (tertiary/aromatic N) is 2. The van der Waals surface area contributed by atoms with Gasteiger partial charge >= 0.3 is 0 Å². The molecule has 102 valence electrons. The second-order valence-electron chi connectivity index (χ2n) is 4.97. The third kappa shape index (κ3) is 2.18. The van der Waals surface area contributed by atoms with Gasteiger partial charge in [-0.1, -0.05) is 0 Å². The summed E-state index contributed by atoms with van der Waals surface area (Å²) in [4.78, 5) is 29.4. The average Bonchev–Trinajstić information content (AvgIpc) is 2.33. The molecule has 0 saturated carbocycles. The number of primary amides is 1. The largest absolute Gasteiger partial charge is 0.397 e. The van der Waals surface area contributed by atoms with Gasteiger partial charge in [-0.15, -0.1) is 0 Å². The number of nitrogens with one attached hydrogen (secondary N) is 1. The minimum Gasteiger partial charge on any atom is -0.397 e. The lowest BCUT2D eigenvalue weighted by Gasteiger charge is -2.42. The fourth-order valence-corrected chi connectivity index (χ4v) is 2.14. The van der Waals surface area contributed by atoms with Gasteiger partial charge < -0.3 is 21.7 Å². The molecule has 1 aromatic heterocycles. The summed E-state index contributed by atoms with van der Waals surface area (Å²) in [5.41, 5.74) is 10.8. The van der Waals surface area contributed by atoms with Crippen molar-refractivity contribution in [3.8, 4) is 0 Å². The minimum absolute atomic E-state index is 0.118. The number of piperazine rings is 1. The standard InChI is InChI=1S/C12H17N5O2/c1-12(2)11(19)15-3-4-17(12)10-8(9(14)18)5-7(13)6-16-10/h5-6H,3-4,13H2,1-2H3,(H2,14,18)(H,15,19). The van der Waals surface area contributed by atoms with Crippen LogP contribution in [-0.4, -0.2) is 35.4 Å². The Morgan fingerprint density at radius 1 is 1.53 bits per heavy atom. The predicted octanol–water partition coefficient (Wildman–Crippen LogP) is -0.522. The molecule has 0 radical (unpaired) electrons. The quantitative estimate of drug-likeness (QED) is 0.664. The minimum atomic E-state index is -0.800. The first-order valence-corrected chi connectivity index (χ1v) is 5.95. The molecule has 0 atom stereocenters. The maximum absolute atomic E-state index is 11.9. The summed E-state index contributed by atoms with van der Waals surface area (Å²) in [6, 6.07) is 1.48. The third-order valence-corrected chi connectivity index (χ3v) is 3.26. The van der Waals surface area contributed by atoms with Crippen LogP contribution in [0.15, 0.2) is 12.3 Å².